The third-order valence-electron chi connectivity index (χ3n) is 1.78. The largest absolute Gasteiger partial charge is 0.389 e. The van der Waals surface area contributed by atoms with Gasteiger partial charge in [0.15, 0.2) is 0 Å². The normalized spacial score (nSPS) is 13.6. The van der Waals surface area contributed by atoms with Gasteiger partial charge in [-0.15, -0.1) is 0 Å². The van der Waals surface area contributed by atoms with Crippen molar-refractivity contribution < 1.29 is 9.84 Å². The molecule has 0 amide bonds. The summed E-state index contributed by atoms with van der Waals surface area (Å²) < 4.78 is 5.31. The van der Waals surface area contributed by atoms with Crippen molar-refractivity contribution in [1.82, 2.24) is 5.32 Å². The first kappa shape index (κ1) is 12.9. The molecule has 0 aromatic rings. The van der Waals surface area contributed by atoms with Crippen LogP contribution in [0, 0.1) is 5.92 Å². The van der Waals surface area contributed by atoms with Crippen molar-refractivity contribution in [2.75, 3.05) is 26.3 Å². The second-order valence-corrected chi connectivity index (χ2v) is 3.72. The zero-order chi connectivity index (χ0) is 10.1. The van der Waals surface area contributed by atoms with Gasteiger partial charge < -0.3 is 15.2 Å². The minimum Gasteiger partial charge on any atom is -0.389 e. The molecule has 0 spiro atoms. The van der Waals surface area contributed by atoms with Gasteiger partial charge in [-0.3, -0.25) is 0 Å². The number of aliphatic hydroxyl groups is 1. The molecule has 0 radical (unpaired) electrons. The van der Waals surface area contributed by atoms with E-state index in [-0.39, 0.29) is 6.10 Å². The number of rotatable bonds is 8. The molecule has 2 N–H and O–H groups in total. The van der Waals surface area contributed by atoms with Crippen molar-refractivity contribution in [3.8, 4) is 0 Å². The summed E-state index contributed by atoms with van der Waals surface area (Å²) in [6.07, 6.45) is 0.695. The molecule has 0 saturated heterocycles. The van der Waals surface area contributed by atoms with Crippen molar-refractivity contribution in [2.24, 2.45) is 5.92 Å². The summed E-state index contributed by atoms with van der Waals surface area (Å²) in [7, 11) is 0. The van der Waals surface area contributed by atoms with Crippen LogP contribution in [0.25, 0.3) is 0 Å². The van der Waals surface area contributed by atoms with Crippen LogP contribution < -0.4 is 5.32 Å². The summed E-state index contributed by atoms with van der Waals surface area (Å²) in [5.74, 6) is 0.672. The van der Waals surface area contributed by atoms with Gasteiger partial charge in [-0.25, -0.2) is 0 Å². The Labute approximate surface area is 81.5 Å². The van der Waals surface area contributed by atoms with E-state index in [9.17, 15) is 5.11 Å². The Bertz CT molecular complexity index is 107. The molecule has 3 heteroatoms. The van der Waals surface area contributed by atoms with E-state index in [1.54, 1.807) is 0 Å². The van der Waals surface area contributed by atoms with Gasteiger partial charge >= 0.3 is 0 Å². The van der Waals surface area contributed by atoms with Crippen molar-refractivity contribution >= 4 is 0 Å². The molecule has 0 bridgehead atoms. The van der Waals surface area contributed by atoms with Crippen LogP contribution in [0.3, 0.4) is 0 Å². The number of aliphatic hydroxyl groups excluding tert-OH is 1. The Hall–Kier alpha value is -0.120. The molecule has 0 fully saturated rings. The molecule has 0 aromatic heterocycles. The lowest BCUT2D eigenvalue weighted by Gasteiger charge is -2.12. The Morgan fingerprint density at radius 1 is 1.38 bits per heavy atom. The number of hydrogen-bond acceptors (Lipinski definition) is 3. The van der Waals surface area contributed by atoms with Gasteiger partial charge in [0.25, 0.3) is 0 Å². The predicted molar refractivity (Wildman–Crippen MR) is 54.8 cm³/mol. The fourth-order valence-electron chi connectivity index (χ4n) is 0.908. The van der Waals surface area contributed by atoms with E-state index < -0.39 is 0 Å². The van der Waals surface area contributed by atoms with Crippen LogP contribution in [0.4, 0.5) is 0 Å². The first-order chi connectivity index (χ1) is 6.16. The maximum absolute atomic E-state index is 9.36. The average molecular weight is 189 g/mol. The Morgan fingerprint density at radius 2 is 2.08 bits per heavy atom. The highest BCUT2D eigenvalue weighted by molar-refractivity contribution is 4.56. The third-order valence-corrected chi connectivity index (χ3v) is 1.78. The van der Waals surface area contributed by atoms with Crippen LogP contribution in [0.15, 0.2) is 0 Å². The fraction of sp³-hybridized carbons (Fsp3) is 1.00. The molecule has 1 atom stereocenters. The summed E-state index contributed by atoms with van der Waals surface area (Å²) in [5.41, 5.74) is 0. The van der Waals surface area contributed by atoms with Crippen LogP contribution in [0.5, 0.6) is 0 Å². The summed E-state index contributed by atoms with van der Waals surface area (Å²) in [4.78, 5) is 0. The molecule has 0 heterocycles. The summed E-state index contributed by atoms with van der Waals surface area (Å²) in [6, 6.07) is 0. The van der Waals surface area contributed by atoms with Gasteiger partial charge in [-0.05, 0) is 18.9 Å². The van der Waals surface area contributed by atoms with Crippen LogP contribution in [0.1, 0.15) is 27.2 Å². The molecule has 0 aromatic carbocycles. The predicted octanol–water partition coefficient (Wildman–Crippen LogP) is 1.02. The molecule has 13 heavy (non-hydrogen) atoms. The number of ether oxygens (including phenoxy) is 1. The van der Waals surface area contributed by atoms with Gasteiger partial charge in [0.1, 0.15) is 0 Å². The Kier molecular flexibility index (Phi) is 8.40. The zero-order valence-corrected chi connectivity index (χ0v) is 9.05. The highest BCUT2D eigenvalue weighted by atomic mass is 16.5. The lowest BCUT2D eigenvalue weighted by molar-refractivity contribution is 0.0332. The van der Waals surface area contributed by atoms with E-state index in [0.29, 0.717) is 19.1 Å². The maximum atomic E-state index is 9.36. The minimum atomic E-state index is -0.368. The highest BCUT2D eigenvalue weighted by Crippen LogP contribution is 1.98. The van der Waals surface area contributed by atoms with E-state index in [0.717, 1.165) is 19.6 Å². The van der Waals surface area contributed by atoms with E-state index in [1.165, 1.54) is 0 Å². The smallest absolute Gasteiger partial charge is 0.0897 e. The second kappa shape index (κ2) is 8.48. The van der Waals surface area contributed by atoms with Crippen LogP contribution in [-0.4, -0.2) is 37.5 Å². The summed E-state index contributed by atoms with van der Waals surface area (Å²) >= 11 is 0. The molecule has 1 unspecified atom stereocenters. The van der Waals surface area contributed by atoms with Crippen molar-refractivity contribution in [3.63, 3.8) is 0 Å². The van der Waals surface area contributed by atoms with Crippen molar-refractivity contribution in [3.05, 3.63) is 0 Å². The summed E-state index contributed by atoms with van der Waals surface area (Å²) in [5, 5.41) is 12.4. The van der Waals surface area contributed by atoms with Crippen molar-refractivity contribution in [1.29, 1.82) is 0 Å². The van der Waals surface area contributed by atoms with E-state index in [4.69, 9.17) is 4.74 Å². The third kappa shape index (κ3) is 9.80. The topological polar surface area (TPSA) is 41.5 Å². The second-order valence-electron chi connectivity index (χ2n) is 3.72. The maximum Gasteiger partial charge on any atom is 0.0897 e. The average Bonchev–Trinajstić information content (AvgIpc) is 2.08. The molecule has 80 valence electrons. The number of nitrogens with one attached hydrogen (secondary N) is 1. The molecule has 3 nitrogen and oxygen atoms in total. The van der Waals surface area contributed by atoms with Crippen LogP contribution >= 0.6 is 0 Å². The first-order valence-electron chi connectivity index (χ1n) is 5.13. The number of likely N-dealkylation sites (N-methyl/N-ethyl adjacent to an activating group) is 1. The molecule has 0 rings (SSSR count). The van der Waals surface area contributed by atoms with E-state index in [1.807, 2.05) is 6.92 Å². The molecular formula is C10H23NO2. The molecule has 0 aliphatic rings. The minimum absolute atomic E-state index is 0.368. The van der Waals surface area contributed by atoms with E-state index >= 15 is 0 Å². The zero-order valence-electron chi connectivity index (χ0n) is 9.05. The van der Waals surface area contributed by atoms with Gasteiger partial charge in [0, 0.05) is 13.2 Å². The van der Waals surface area contributed by atoms with Gasteiger partial charge in [0.2, 0.25) is 0 Å². The molecular weight excluding hydrogens is 166 g/mol. The Morgan fingerprint density at radius 3 is 2.62 bits per heavy atom. The first-order valence-corrected chi connectivity index (χ1v) is 5.13. The van der Waals surface area contributed by atoms with Gasteiger partial charge in [-0.1, -0.05) is 20.8 Å². The van der Waals surface area contributed by atoms with Gasteiger partial charge in [0.05, 0.1) is 12.7 Å². The molecule has 0 aliphatic heterocycles. The SMILES string of the molecule is CCNCC(O)COCCC(C)C. The van der Waals surface area contributed by atoms with Crippen LogP contribution in [-0.2, 0) is 4.74 Å². The standard InChI is InChI=1S/C10H23NO2/c1-4-11-7-10(12)8-13-6-5-9(2)3/h9-12H,4-8H2,1-3H3. The molecule has 0 aliphatic carbocycles. The molecule has 0 saturated carbocycles. The lowest BCUT2D eigenvalue weighted by atomic mass is 10.1. The Balaban J connectivity index is 3.12. The van der Waals surface area contributed by atoms with Gasteiger partial charge in [-0.2, -0.15) is 0 Å². The van der Waals surface area contributed by atoms with E-state index in [2.05, 4.69) is 19.2 Å². The highest BCUT2D eigenvalue weighted by Gasteiger charge is 2.02. The lowest BCUT2D eigenvalue weighted by Crippen LogP contribution is -2.30. The number of hydrogen-bond donors (Lipinski definition) is 2. The quantitative estimate of drug-likeness (QED) is 0.560. The monoisotopic (exact) mass is 189 g/mol. The van der Waals surface area contributed by atoms with Crippen LogP contribution in [0.2, 0.25) is 0 Å². The fourth-order valence-corrected chi connectivity index (χ4v) is 0.908. The van der Waals surface area contributed by atoms with Crippen molar-refractivity contribution in [2.45, 2.75) is 33.3 Å². The summed E-state index contributed by atoms with van der Waals surface area (Å²) in [6.45, 7) is 9.06.